The van der Waals surface area contributed by atoms with Crippen LogP contribution in [0.15, 0.2) is 77.8 Å². The Morgan fingerprint density at radius 3 is 2.20 bits per heavy atom. The molecule has 0 atom stereocenters. The molecule has 6 heteroatoms. The molecule has 6 rings (SSSR count). The van der Waals surface area contributed by atoms with Crippen LogP contribution in [0.3, 0.4) is 0 Å². The summed E-state index contributed by atoms with van der Waals surface area (Å²) in [5, 5.41) is 36.1. The van der Waals surface area contributed by atoms with Gasteiger partial charge in [0, 0.05) is 5.56 Å². The van der Waals surface area contributed by atoms with Gasteiger partial charge in [0.15, 0.2) is 11.5 Å². The predicted molar refractivity (Wildman–Crippen MR) is 121 cm³/mol. The minimum absolute atomic E-state index is 0.218. The molecular weight excluding hydrogens is 394 g/mol. The predicted octanol–water partition coefficient (Wildman–Crippen LogP) is 5.53. The highest BCUT2D eigenvalue weighted by molar-refractivity contribution is 7.80. The molecule has 0 unspecified atom stereocenters. The Kier molecular flexibility index (Phi) is 3.49. The van der Waals surface area contributed by atoms with Crippen molar-refractivity contribution in [2.75, 3.05) is 0 Å². The Balaban J connectivity index is 1.73. The largest absolute Gasteiger partial charge is 0.504 e. The molecule has 0 spiro atoms. The fourth-order valence-electron chi connectivity index (χ4n) is 4.31. The Labute approximate surface area is 176 Å². The third kappa shape index (κ3) is 2.25. The Morgan fingerprint density at radius 1 is 0.733 bits per heavy atom. The fourth-order valence-corrected chi connectivity index (χ4v) is 4.56. The zero-order valence-electron chi connectivity index (χ0n) is 15.6. The number of nitrogens with zero attached hydrogens (tertiary/aromatic N) is 3. The van der Waals surface area contributed by atoms with E-state index in [9.17, 15) is 10.2 Å². The van der Waals surface area contributed by atoms with Gasteiger partial charge in [0.2, 0.25) is 0 Å². The molecular formula is C24H15N3O2S. The zero-order valence-corrected chi connectivity index (χ0v) is 16.5. The highest BCUT2D eigenvalue weighted by Crippen LogP contribution is 2.42. The molecule has 2 N–H and O–H groups in total. The minimum Gasteiger partial charge on any atom is -0.504 e. The smallest absolute Gasteiger partial charge is 0.183 e. The quantitative estimate of drug-likeness (QED) is 0.200. The molecule has 0 aliphatic carbocycles. The zero-order chi connectivity index (χ0) is 20.4. The van der Waals surface area contributed by atoms with Crippen LogP contribution >= 0.6 is 12.6 Å². The van der Waals surface area contributed by atoms with Crippen LogP contribution in [-0.2, 0) is 0 Å². The van der Waals surface area contributed by atoms with E-state index in [0.717, 1.165) is 16.3 Å². The molecule has 5 nitrogen and oxygen atoms in total. The van der Waals surface area contributed by atoms with Crippen LogP contribution in [0, 0.1) is 0 Å². The van der Waals surface area contributed by atoms with E-state index in [2.05, 4.69) is 71.5 Å². The Hall–Kier alpha value is -3.77. The summed E-state index contributed by atoms with van der Waals surface area (Å²) in [6.07, 6.45) is 0. The van der Waals surface area contributed by atoms with E-state index in [1.54, 1.807) is 12.1 Å². The van der Waals surface area contributed by atoms with E-state index in [4.69, 9.17) is 0 Å². The van der Waals surface area contributed by atoms with Crippen molar-refractivity contribution in [2.45, 2.75) is 5.03 Å². The first-order valence-electron chi connectivity index (χ1n) is 9.46. The third-order valence-corrected chi connectivity index (χ3v) is 5.96. The summed E-state index contributed by atoms with van der Waals surface area (Å²) in [5.41, 5.74) is 1.89. The van der Waals surface area contributed by atoms with Crippen molar-refractivity contribution in [3.05, 3.63) is 72.8 Å². The standard InChI is InChI=1S/C24H15N3O2S/c28-19-6-2-5-18(23(19)29)27-22(24(30)25-26-27)17-12-10-15-8-7-13-3-1-4-14-9-11-16(17)21(15)20(13)14/h1-12,28-30H. The molecule has 0 bridgehead atoms. The molecule has 0 amide bonds. The van der Waals surface area contributed by atoms with Crippen LogP contribution in [0.5, 0.6) is 11.5 Å². The summed E-state index contributed by atoms with van der Waals surface area (Å²) in [5.74, 6) is -0.472. The molecule has 1 heterocycles. The van der Waals surface area contributed by atoms with Crippen molar-refractivity contribution in [1.82, 2.24) is 15.0 Å². The number of para-hydroxylation sites is 1. The molecule has 0 aliphatic heterocycles. The van der Waals surface area contributed by atoms with Gasteiger partial charge >= 0.3 is 0 Å². The Bertz CT molecular complexity index is 1570. The number of rotatable bonds is 2. The first-order chi connectivity index (χ1) is 14.6. The summed E-state index contributed by atoms with van der Waals surface area (Å²) in [6, 6.07) is 23.7. The van der Waals surface area contributed by atoms with E-state index in [-0.39, 0.29) is 11.5 Å². The number of thiol groups is 1. The average Bonchev–Trinajstić information content (AvgIpc) is 3.15. The lowest BCUT2D eigenvalue weighted by atomic mass is 9.91. The molecule has 144 valence electrons. The van der Waals surface area contributed by atoms with Gasteiger partial charge in [-0.15, -0.1) is 17.7 Å². The lowest BCUT2D eigenvalue weighted by Gasteiger charge is -2.15. The van der Waals surface area contributed by atoms with Gasteiger partial charge in [-0.1, -0.05) is 65.9 Å². The molecule has 30 heavy (non-hydrogen) atoms. The highest BCUT2D eigenvalue weighted by atomic mass is 32.1. The number of benzene rings is 5. The van der Waals surface area contributed by atoms with Crippen molar-refractivity contribution in [2.24, 2.45) is 0 Å². The number of aromatic hydroxyl groups is 2. The monoisotopic (exact) mass is 409 g/mol. The molecule has 0 saturated carbocycles. The van der Waals surface area contributed by atoms with Crippen LogP contribution in [0.1, 0.15) is 0 Å². The topological polar surface area (TPSA) is 71.2 Å². The van der Waals surface area contributed by atoms with Crippen molar-refractivity contribution >= 4 is 44.9 Å². The van der Waals surface area contributed by atoms with Gasteiger partial charge in [0.1, 0.15) is 16.4 Å². The van der Waals surface area contributed by atoms with E-state index < -0.39 is 0 Å². The second kappa shape index (κ2) is 6.11. The minimum atomic E-state index is -0.255. The van der Waals surface area contributed by atoms with Gasteiger partial charge in [0.25, 0.3) is 0 Å². The van der Waals surface area contributed by atoms with Gasteiger partial charge in [-0.2, -0.15) is 0 Å². The number of phenolic OH excluding ortho intramolecular Hbond substituents is 2. The fraction of sp³-hybridized carbons (Fsp3) is 0. The second-order valence-corrected chi connectivity index (χ2v) is 7.71. The van der Waals surface area contributed by atoms with Crippen LogP contribution in [0.4, 0.5) is 0 Å². The molecule has 0 aliphatic rings. The summed E-state index contributed by atoms with van der Waals surface area (Å²) in [4.78, 5) is 0. The van der Waals surface area contributed by atoms with Crippen LogP contribution < -0.4 is 0 Å². The van der Waals surface area contributed by atoms with Gasteiger partial charge in [-0.25, -0.2) is 4.68 Å². The van der Waals surface area contributed by atoms with Gasteiger partial charge in [-0.05, 0) is 44.5 Å². The normalized spacial score (nSPS) is 11.8. The number of phenols is 2. The van der Waals surface area contributed by atoms with E-state index in [1.165, 1.54) is 32.3 Å². The average molecular weight is 409 g/mol. The number of hydrogen-bond acceptors (Lipinski definition) is 5. The first kappa shape index (κ1) is 17.1. The van der Waals surface area contributed by atoms with Crippen molar-refractivity contribution in [3.63, 3.8) is 0 Å². The SMILES string of the molecule is Oc1cccc(-n2nnc(S)c2-c2ccc3ccc4cccc5ccc2c3c45)c1O. The third-order valence-electron chi connectivity index (χ3n) is 5.66. The maximum Gasteiger partial charge on any atom is 0.183 e. The molecule has 0 radical (unpaired) electrons. The summed E-state index contributed by atoms with van der Waals surface area (Å²) < 4.78 is 1.52. The van der Waals surface area contributed by atoms with Crippen LogP contribution in [0.25, 0.3) is 49.3 Å². The van der Waals surface area contributed by atoms with Crippen molar-refractivity contribution in [3.8, 4) is 28.4 Å². The number of hydrogen-bond donors (Lipinski definition) is 3. The van der Waals surface area contributed by atoms with E-state index in [1.807, 2.05) is 6.07 Å². The highest BCUT2D eigenvalue weighted by Gasteiger charge is 2.21. The molecule has 5 aromatic carbocycles. The Morgan fingerprint density at radius 2 is 1.40 bits per heavy atom. The number of aromatic nitrogens is 3. The van der Waals surface area contributed by atoms with Crippen molar-refractivity contribution < 1.29 is 10.2 Å². The lowest BCUT2D eigenvalue weighted by molar-refractivity contribution is 0.401. The molecule has 0 saturated heterocycles. The van der Waals surface area contributed by atoms with Gasteiger partial charge in [-0.3, -0.25) is 0 Å². The maximum absolute atomic E-state index is 10.4. The van der Waals surface area contributed by atoms with E-state index >= 15 is 0 Å². The lowest BCUT2D eigenvalue weighted by Crippen LogP contribution is -2.00. The van der Waals surface area contributed by atoms with Gasteiger partial charge in [0.05, 0.1) is 0 Å². The van der Waals surface area contributed by atoms with Crippen molar-refractivity contribution in [1.29, 1.82) is 0 Å². The molecule has 6 aromatic rings. The molecule has 0 fully saturated rings. The van der Waals surface area contributed by atoms with Crippen LogP contribution in [-0.4, -0.2) is 25.2 Å². The summed E-state index contributed by atoms with van der Waals surface area (Å²) in [6.45, 7) is 0. The van der Waals surface area contributed by atoms with Gasteiger partial charge < -0.3 is 10.2 Å². The second-order valence-electron chi connectivity index (χ2n) is 7.29. The summed E-state index contributed by atoms with van der Waals surface area (Å²) in [7, 11) is 0. The molecule has 1 aromatic heterocycles. The maximum atomic E-state index is 10.4. The summed E-state index contributed by atoms with van der Waals surface area (Å²) >= 11 is 4.55. The first-order valence-corrected chi connectivity index (χ1v) is 9.91. The van der Waals surface area contributed by atoms with Crippen LogP contribution in [0.2, 0.25) is 0 Å². The van der Waals surface area contributed by atoms with E-state index in [0.29, 0.717) is 16.4 Å².